The lowest BCUT2D eigenvalue weighted by Crippen LogP contribution is -2.41. The molecule has 2 aromatic heterocycles. The minimum Gasteiger partial charge on any atom is -0.353 e. The largest absolute Gasteiger partial charge is 0.353 e. The molecule has 7 nitrogen and oxygen atoms in total. The number of rotatable bonds is 6. The van der Waals surface area contributed by atoms with Crippen LogP contribution < -0.4 is 10.9 Å². The molecule has 0 bridgehead atoms. The fourth-order valence-corrected chi connectivity index (χ4v) is 3.83. The molecule has 1 saturated heterocycles. The first kappa shape index (κ1) is 19.8. The maximum atomic E-state index is 12.8. The summed E-state index contributed by atoms with van der Waals surface area (Å²) < 4.78 is 1.50. The molecule has 0 unspecified atom stereocenters. The van der Waals surface area contributed by atoms with Gasteiger partial charge in [0.05, 0.1) is 12.1 Å². The predicted octanol–water partition coefficient (Wildman–Crippen LogP) is 2.49. The Kier molecular flexibility index (Phi) is 5.88. The summed E-state index contributed by atoms with van der Waals surface area (Å²) in [5, 5.41) is 3.30. The van der Waals surface area contributed by atoms with Crippen LogP contribution in [0.1, 0.15) is 18.4 Å². The van der Waals surface area contributed by atoms with E-state index >= 15 is 0 Å². The van der Waals surface area contributed by atoms with E-state index in [9.17, 15) is 9.59 Å². The fraction of sp³-hybridized carbons (Fsp3) is 0.304. The number of nitrogens with one attached hydrogen (secondary N) is 1. The normalized spacial score (nSPS) is 15.9. The zero-order chi connectivity index (χ0) is 20.9. The summed E-state index contributed by atoms with van der Waals surface area (Å²) in [6, 6.07) is 15.1. The average Bonchev–Trinajstić information content (AvgIpc) is 3.25. The number of anilines is 1. The zero-order valence-corrected chi connectivity index (χ0v) is 17.0. The van der Waals surface area contributed by atoms with Gasteiger partial charge in [-0.25, -0.2) is 4.98 Å². The van der Waals surface area contributed by atoms with Gasteiger partial charge in [0.25, 0.3) is 5.56 Å². The number of amides is 1. The number of aromatic nitrogens is 3. The molecule has 0 aliphatic carbocycles. The number of benzene rings is 1. The Morgan fingerprint density at radius 1 is 1.17 bits per heavy atom. The molecule has 1 atom stereocenters. The Labute approximate surface area is 175 Å². The molecule has 1 aliphatic rings. The third-order valence-corrected chi connectivity index (χ3v) is 5.50. The zero-order valence-electron chi connectivity index (χ0n) is 17.0. The smallest absolute Gasteiger partial charge is 0.255 e. The number of carbonyl (C=O) groups excluding carboxylic acids is 1. The van der Waals surface area contributed by atoms with E-state index in [2.05, 4.69) is 15.3 Å². The van der Waals surface area contributed by atoms with Crippen molar-refractivity contribution < 1.29 is 4.79 Å². The van der Waals surface area contributed by atoms with Crippen LogP contribution in [0.5, 0.6) is 0 Å². The SMILES string of the molecule is Cn1c(NC[C@@H]2CCCN2C(=O)Cc2ccccc2)nc(-c2ccncc2)cc1=O. The van der Waals surface area contributed by atoms with E-state index in [1.807, 2.05) is 47.4 Å². The number of pyridine rings is 1. The first-order chi connectivity index (χ1) is 14.6. The van der Waals surface area contributed by atoms with Gasteiger partial charge >= 0.3 is 0 Å². The van der Waals surface area contributed by atoms with Gasteiger partial charge in [-0.15, -0.1) is 0 Å². The Morgan fingerprint density at radius 3 is 2.70 bits per heavy atom. The van der Waals surface area contributed by atoms with E-state index in [4.69, 9.17) is 0 Å². The Hall–Kier alpha value is -3.48. The van der Waals surface area contributed by atoms with Gasteiger partial charge in [-0.1, -0.05) is 30.3 Å². The van der Waals surface area contributed by atoms with Gasteiger partial charge in [-0.2, -0.15) is 0 Å². The van der Waals surface area contributed by atoms with E-state index in [1.165, 1.54) is 10.6 Å². The van der Waals surface area contributed by atoms with Crippen LogP contribution in [0.15, 0.2) is 65.7 Å². The van der Waals surface area contributed by atoms with E-state index in [1.54, 1.807) is 19.4 Å². The third-order valence-electron chi connectivity index (χ3n) is 5.50. The summed E-state index contributed by atoms with van der Waals surface area (Å²) in [7, 11) is 1.70. The molecule has 3 heterocycles. The molecular weight excluding hydrogens is 378 g/mol. The van der Waals surface area contributed by atoms with Crippen molar-refractivity contribution in [3.63, 3.8) is 0 Å². The molecule has 1 aliphatic heterocycles. The van der Waals surface area contributed by atoms with Crippen molar-refractivity contribution in [3.05, 3.63) is 76.8 Å². The van der Waals surface area contributed by atoms with Crippen molar-refractivity contribution in [3.8, 4) is 11.3 Å². The fourth-order valence-electron chi connectivity index (χ4n) is 3.83. The summed E-state index contributed by atoms with van der Waals surface area (Å²) in [6.45, 7) is 1.32. The van der Waals surface area contributed by atoms with Crippen LogP contribution in [0.25, 0.3) is 11.3 Å². The van der Waals surface area contributed by atoms with E-state index in [-0.39, 0.29) is 17.5 Å². The quantitative estimate of drug-likeness (QED) is 0.684. The maximum Gasteiger partial charge on any atom is 0.255 e. The number of nitrogens with zero attached hydrogens (tertiary/aromatic N) is 4. The molecular formula is C23H25N5O2. The predicted molar refractivity (Wildman–Crippen MR) is 116 cm³/mol. The molecule has 1 aromatic carbocycles. The van der Waals surface area contributed by atoms with Crippen LogP contribution in [-0.2, 0) is 18.3 Å². The first-order valence-electron chi connectivity index (χ1n) is 10.2. The first-order valence-corrected chi connectivity index (χ1v) is 10.2. The standard InChI is InChI=1S/C23H25N5O2/c1-27-21(29)15-20(18-9-11-24-12-10-18)26-23(27)25-16-19-8-5-13-28(19)22(30)14-17-6-3-2-4-7-17/h2-4,6-7,9-12,15,19H,5,8,13-14,16H2,1H3,(H,25,26)/t19-/m0/s1. The molecule has 0 spiro atoms. The van der Waals surface area contributed by atoms with Crippen molar-refractivity contribution >= 4 is 11.9 Å². The summed E-state index contributed by atoms with van der Waals surface area (Å²) in [5.41, 5.74) is 2.33. The highest BCUT2D eigenvalue weighted by Gasteiger charge is 2.28. The summed E-state index contributed by atoms with van der Waals surface area (Å²) >= 11 is 0. The van der Waals surface area contributed by atoms with Crippen LogP contribution in [0.3, 0.4) is 0 Å². The van der Waals surface area contributed by atoms with Crippen LogP contribution in [0.4, 0.5) is 5.95 Å². The monoisotopic (exact) mass is 403 g/mol. The van der Waals surface area contributed by atoms with Gasteiger partial charge in [0.2, 0.25) is 11.9 Å². The second-order valence-electron chi connectivity index (χ2n) is 7.52. The Morgan fingerprint density at radius 2 is 1.93 bits per heavy atom. The van der Waals surface area contributed by atoms with Crippen LogP contribution in [0, 0.1) is 0 Å². The molecule has 0 radical (unpaired) electrons. The lowest BCUT2D eigenvalue weighted by molar-refractivity contribution is -0.131. The molecule has 7 heteroatoms. The van der Waals surface area contributed by atoms with Crippen molar-refractivity contribution in [2.75, 3.05) is 18.4 Å². The van der Waals surface area contributed by atoms with E-state index < -0.39 is 0 Å². The van der Waals surface area contributed by atoms with Gasteiger partial charge in [-0.05, 0) is 30.5 Å². The highest BCUT2D eigenvalue weighted by Crippen LogP contribution is 2.20. The van der Waals surface area contributed by atoms with Crippen molar-refractivity contribution in [2.45, 2.75) is 25.3 Å². The maximum absolute atomic E-state index is 12.8. The second kappa shape index (κ2) is 8.90. The number of carbonyl (C=O) groups is 1. The van der Waals surface area contributed by atoms with Crippen LogP contribution >= 0.6 is 0 Å². The minimum atomic E-state index is -0.136. The third kappa shape index (κ3) is 4.40. The van der Waals surface area contributed by atoms with E-state index in [0.717, 1.165) is 30.5 Å². The average molecular weight is 403 g/mol. The molecule has 154 valence electrons. The van der Waals surface area contributed by atoms with Gasteiger partial charge < -0.3 is 10.2 Å². The summed E-state index contributed by atoms with van der Waals surface area (Å²) in [6.07, 6.45) is 5.68. The van der Waals surface area contributed by atoms with Crippen molar-refractivity contribution in [2.24, 2.45) is 7.05 Å². The Balaban J connectivity index is 1.46. The summed E-state index contributed by atoms with van der Waals surface area (Å²) in [5.74, 6) is 0.634. The van der Waals surface area contributed by atoms with Crippen molar-refractivity contribution in [1.29, 1.82) is 0 Å². The minimum absolute atomic E-state index is 0.0858. The Bertz CT molecular complexity index is 1070. The van der Waals surface area contributed by atoms with Crippen LogP contribution in [0.2, 0.25) is 0 Å². The van der Waals surface area contributed by atoms with E-state index in [0.29, 0.717) is 24.6 Å². The molecule has 0 saturated carbocycles. The van der Waals surface area contributed by atoms with Crippen molar-refractivity contribution in [1.82, 2.24) is 19.4 Å². The van der Waals surface area contributed by atoms with Crippen LogP contribution in [-0.4, -0.2) is 44.5 Å². The highest BCUT2D eigenvalue weighted by molar-refractivity contribution is 5.79. The molecule has 30 heavy (non-hydrogen) atoms. The second-order valence-corrected chi connectivity index (χ2v) is 7.52. The molecule has 1 amide bonds. The topological polar surface area (TPSA) is 80.1 Å². The molecule has 4 rings (SSSR count). The van der Waals surface area contributed by atoms with Gasteiger partial charge in [-0.3, -0.25) is 19.1 Å². The lowest BCUT2D eigenvalue weighted by Gasteiger charge is -2.25. The van der Waals surface area contributed by atoms with Gasteiger partial charge in [0, 0.05) is 50.2 Å². The number of likely N-dealkylation sites (tertiary alicyclic amines) is 1. The lowest BCUT2D eigenvalue weighted by atomic mass is 10.1. The molecule has 1 N–H and O–H groups in total. The van der Waals surface area contributed by atoms with Gasteiger partial charge in [0.1, 0.15) is 0 Å². The number of hydrogen-bond acceptors (Lipinski definition) is 5. The molecule has 3 aromatic rings. The number of hydrogen-bond donors (Lipinski definition) is 1. The summed E-state index contributed by atoms with van der Waals surface area (Å²) in [4.78, 5) is 35.8. The highest BCUT2D eigenvalue weighted by atomic mass is 16.2. The molecule has 1 fully saturated rings. The van der Waals surface area contributed by atoms with Gasteiger partial charge in [0.15, 0.2) is 0 Å².